The van der Waals surface area contributed by atoms with Gasteiger partial charge in [-0.3, -0.25) is 9.29 Å². The first kappa shape index (κ1) is 25.4. The Balaban J connectivity index is 1.67. The molecule has 35 heavy (non-hydrogen) atoms. The summed E-state index contributed by atoms with van der Waals surface area (Å²) in [5.41, 5.74) is 15.7. The second-order valence-electron chi connectivity index (χ2n) is 8.60. The molecular weight excluding hydrogens is 488 g/mol. The number of rotatable bonds is 8. The Morgan fingerprint density at radius 3 is 2.43 bits per heavy atom. The van der Waals surface area contributed by atoms with Crippen LogP contribution in [0.2, 0.25) is 5.02 Å². The van der Waals surface area contributed by atoms with Crippen LogP contribution in [-0.4, -0.2) is 19.4 Å². The molecule has 2 heterocycles. The van der Waals surface area contributed by atoms with Gasteiger partial charge in [0.15, 0.2) is 0 Å². The molecule has 9 nitrogen and oxygen atoms in total. The first-order valence-corrected chi connectivity index (χ1v) is 13.0. The molecule has 0 saturated carbocycles. The van der Waals surface area contributed by atoms with Gasteiger partial charge in [0.25, 0.3) is 10.0 Å². The molecule has 0 radical (unpaired) electrons. The molecule has 1 saturated heterocycles. The molecule has 0 bridgehead atoms. The highest BCUT2D eigenvalue weighted by Crippen LogP contribution is 2.37. The van der Waals surface area contributed by atoms with E-state index < -0.39 is 10.0 Å². The second kappa shape index (κ2) is 10.5. The van der Waals surface area contributed by atoms with Crippen LogP contribution in [0.25, 0.3) is 0 Å². The number of hydrogen-bond acceptors (Lipinski definition) is 8. The minimum absolute atomic E-state index is 0.120. The number of pyridine rings is 1. The number of nitrogens with one attached hydrogen (secondary N) is 4. The van der Waals surface area contributed by atoms with E-state index in [1.54, 1.807) is 18.3 Å². The van der Waals surface area contributed by atoms with Crippen molar-refractivity contribution in [2.24, 2.45) is 0 Å². The number of hydrogen-bond donors (Lipinski definition) is 4. The minimum Gasteiger partial charge on any atom is -0.487 e. The predicted molar refractivity (Wildman–Crippen MR) is 136 cm³/mol. The fourth-order valence-electron chi connectivity index (χ4n) is 3.80. The first-order valence-electron chi connectivity index (χ1n) is 11.2. The lowest BCUT2D eigenvalue weighted by molar-refractivity contribution is 0.306. The largest absolute Gasteiger partial charge is 0.487 e. The number of hydrazine groups is 3. The number of ether oxygens (including phenoxy) is 1. The van der Waals surface area contributed by atoms with E-state index in [-0.39, 0.29) is 23.7 Å². The van der Waals surface area contributed by atoms with Crippen LogP contribution < -0.4 is 31.0 Å². The second-order valence-corrected chi connectivity index (χ2v) is 10.8. The van der Waals surface area contributed by atoms with Gasteiger partial charge in [-0.05, 0) is 74.7 Å². The smallest absolute Gasteiger partial charge is 0.266 e. The van der Waals surface area contributed by atoms with Gasteiger partial charge >= 0.3 is 0 Å². The van der Waals surface area contributed by atoms with E-state index in [4.69, 9.17) is 16.3 Å². The summed E-state index contributed by atoms with van der Waals surface area (Å²) in [4.78, 5) is 4.11. The van der Waals surface area contributed by atoms with E-state index in [9.17, 15) is 8.42 Å². The topological polar surface area (TPSA) is 108 Å². The van der Waals surface area contributed by atoms with E-state index in [1.807, 2.05) is 58.0 Å². The van der Waals surface area contributed by atoms with Gasteiger partial charge in [0.1, 0.15) is 23.4 Å². The number of aromatic nitrogens is 1. The monoisotopic (exact) mass is 516 g/mol. The molecule has 3 aromatic rings. The lowest BCUT2D eigenvalue weighted by atomic mass is 10.1. The Morgan fingerprint density at radius 2 is 1.80 bits per heavy atom. The molecule has 4 rings (SSSR count). The normalized spacial score (nSPS) is 14.5. The van der Waals surface area contributed by atoms with Crippen molar-refractivity contribution in [1.82, 2.24) is 26.9 Å². The van der Waals surface area contributed by atoms with Gasteiger partial charge in [0.05, 0.1) is 5.69 Å². The zero-order chi connectivity index (χ0) is 25.2. The van der Waals surface area contributed by atoms with Crippen LogP contribution in [-0.2, 0) is 16.6 Å². The van der Waals surface area contributed by atoms with Crippen LogP contribution in [0.1, 0.15) is 42.3 Å². The third-order valence-corrected chi connectivity index (χ3v) is 8.09. The summed E-state index contributed by atoms with van der Waals surface area (Å²) in [5, 5.41) is 0.548. The number of anilines is 1. The molecule has 1 aromatic heterocycles. The molecule has 1 aliphatic heterocycles. The van der Waals surface area contributed by atoms with E-state index in [0.717, 1.165) is 22.3 Å². The zero-order valence-corrected chi connectivity index (χ0v) is 21.5. The lowest BCUT2D eigenvalue weighted by Gasteiger charge is -2.30. The third-order valence-electron chi connectivity index (χ3n) is 5.76. The summed E-state index contributed by atoms with van der Waals surface area (Å²) in [5.74, 6) is 0.460. The number of halogens is 1. The predicted octanol–water partition coefficient (Wildman–Crippen LogP) is 3.65. The van der Waals surface area contributed by atoms with Crippen LogP contribution in [0.3, 0.4) is 0 Å². The van der Waals surface area contributed by atoms with Crippen molar-refractivity contribution in [3.63, 3.8) is 0 Å². The molecule has 0 spiro atoms. The number of nitrogens with zero attached hydrogens (tertiary/aromatic N) is 2. The number of sulfonamides is 1. The van der Waals surface area contributed by atoms with Gasteiger partial charge in [-0.15, -0.1) is 0 Å². The molecule has 1 aliphatic rings. The van der Waals surface area contributed by atoms with E-state index >= 15 is 0 Å². The van der Waals surface area contributed by atoms with Gasteiger partial charge in [0.2, 0.25) is 0 Å². The molecule has 11 heteroatoms. The molecular formula is C24H29ClN6O3S. The van der Waals surface area contributed by atoms with Crippen molar-refractivity contribution in [2.45, 2.75) is 51.4 Å². The van der Waals surface area contributed by atoms with Crippen molar-refractivity contribution in [1.29, 1.82) is 0 Å². The highest BCUT2D eigenvalue weighted by atomic mass is 35.5. The summed E-state index contributed by atoms with van der Waals surface area (Å²) >= 11 is 6.55. The van der Waals surface area contributed by atoms with Crippen molar-refractivity contribution < 1.29 is 13.2 Å². The fraction of sp³-hybridized carbons (Fsp3) is 0.292. The fourth-order valence-corrected chi connectivity index (χ4v) is 5.67. The van der Waals surface area contributed by atoms with E-state index in [0.29, 0.717) is 16.5 Å². The number of benzene rings is 2. The molecule has 0 amide bonds. The molecule has 2 aromatic carbocycles. The molecule has 4 N–H and O–H groups in total. The van der Waals surface area contributed by atoms with Crippen molar-refractivity contribution in [3.05, 3.63) is 82.1 Å². The molecule has 1 fully saturated rings. The van der Waals surface area contributed by atoms with Gasteiger partial charge in [0, 0.05) is 29.0 Å². The highest BCUT2D eigenvalue weighted by molar-refractivity contribution is 7.92. The van der Waals surface area contributed by atoms with Crippen LogP contribution in [0.15, 0.2) is 59.8 Å². The van der Waals surface area contributed by atoms with Crippen LogP contribution in [0, 0.1) is 13.8 Å². The first-order chi connectivity index (χ1) is 16.7. The Labute approximate surface area is 210 Å². The SMILES string of the molecule is Cc1cc(OCc2ccc(C3NNNN3)cc2Cl)c(N(C(C)C)S(=O)(=O)c2cccnc2)cc1C. The average molecular weight is 517 g/mol. The van der Waals surface area contributed by atoms with Crippen molar-refractivity contribution in [3.8, 4) is 5.75 Å². The maximum Gasteiger partial charge on any atom is 0.266 e. The molecule has 0 atom stereocenters. The van der Waals surface area contributed by atoms with Crippen molar-refractivity contribution in [2.75, 3.05) is 4.31 Å². The third kappa shape index (κ3) is 5.43. The Kier molecular flexibility index (Phi) is 7.60. The van der Waals surface area contributed by atoms with Gasteiger partial charge < -0.3 is 4.74 Å². The maximum absolute atomic E-state index is 13.6. The summed E-state index contributed by atoms with van der Waals surface area (Å²) in [6.07, 6.45) is 2.77. The van der Waals surface area contributed by atoms with Crippen LogP contribution in [0.4, 0.5) is 5.69 Å². The standard InChI is InChI=1S/C24H29ClN6O3S/c1-15(2)31(35(32,33)20-6-5-9-26-13-20)22-10-16(3)17(4)11-23(22)34-14-19-8-7-18(12-21(19)25)24-27-29-30-28-24/h5-13,15,24,27-30H,14H2,1-4H3. The average Bonchev–Trinajstić information content (AvgIpc) is 3.36. The van der Waals surface area contributed by atoms with E-state index in [2.05, 4.69) is 26.9 Å². The molecule has 0 aliphatic carbocycles. The Morgan fingerprint density at radius 1 is 1.09 bits per heavy atom. The molecule has 0 unspecified atom stereocenters. The summed E-state index contributed by atoms with van der Waals surface area (Å²) < 4.78 is 34.8. The zero-order valence-electron chi connectivity index (χ0n) is 20.0. The molecule has 186 valence electrons. The Hall–Kier alpha value is -2.73. The van der Waals surface area contributed by atoms with Crippen LogP contribution in [0.5, 0.6) is 5.75 Å². The summed E-state index contributed by atoms with van der Waals surface area (Å²) in [6, 6.07) is 12.2. The summed E-state index contributed by atoms with van der Waals surface area (Å²) in [7, 11) is -3.87. The van der Waals surface area contributed by atoms with Gasteiger partial charge in [-0.1, -0.05) is 23.7 Å². The minimum atomic E-state index is -3.87. The quantitative estimate of drug-likeness (QED) is 0.359. The van der Waals surface area contributed by atoms with E-state index in [1.165, 1.54) is 10.5 Å². The highest BCUT2D eigenvalue weighted by Gasteiger charge is 2.30. The van der Waals surface area contributed by atoms with Gasteiger partial charge in [-0.2, -0.15) is 11.1 Å². The lowest BCUT2D eigenvalue weighted by Crippen LogP contribution is -2.37. The Bertz CT molecular complexity index is 1300. The summed E-state index contributed by atoms with van der Waals surface area (Å²) in [6.45, 7) is 7.75. The van der Waals surface area contributed by atoms with Crippen molar-refractivity contribution >= 4 is 27.3 Å². The maximum atomic E-state index is 13.6. The van der Waals surface area contributed by atoms with Gasteiger partial charge in [-0.25, -0.2) is 19.3 Å². The van der Waals surface area contributed by atoms with Crippen LogP contribution >= 0.6 is 11.6 Å². The number of aryl methyl sites for hydroxylation is 2.